The Morgan fingerprint density at radius 2 is 1.76 bits per heavy atom. The van der Waals surface area contributed by atoms with Gasteiger partial charge in [0.05, 0.1) is 11.8 Å². The number of hydrogen-bond acceptors (Lipinski definition) is 2. The van der Waals surface area contributed by atoms with Crippen LogP contribution < -0.4 is 5.32 Å². The molecule has 0 aromatic heterocycles. The Labute approximate surface area is 127 Å². The maximum atomic E-state index is 12.4. The molecule has 21 heavy (non-hydrogen) atoms. The molecule has 2 aliphatic carbocycles. The summed E-state index contributed by atoms with van der Waals surface area (Å²) in [4.78, 5) is 23.7. The number of rotatable bonds is 4. The van der Waals surface area contributed by atoms with Gasteiger partial charge in [0.1, 0.15) is 0 Å². The monoisotopic (exact) mass is 305 g/mol. The molecule has 2 bridgehead atoms. The summed E-state index contributed by atoms with van der Waals surface area (Å²) >= 11 is 5.81. The van der Waals surface area contributed by atoms with Crippen molar-refractivity contribution in [3.05, 3.63) is 47.0 Å². The van der Waals surface area contributed by atoms with Crippen LogP contribution in [0, 0.1) is 23.7 Å². The number of hydrogen-bond donors (Lipinski definition) is 2. The fourth-order valence-corrected chi connectivity index (χ4v) is 3.55. The third-order valence-electron chi connectivity index (χ3n) is 4.43. The summed E-state index contributed by atoms with van der Waals surface area (Å²) in [6.07, 6.45) is 4.69. The van der Waals surface area contributed by atoms with E-state index in [-0.39, 0.29) is 17.7 Å². The molecule has 0 aliphatic heterocycles. The number of allylic oxidation sites excluding steroid dienone is 2. The molecule has 0 radical (unpaired) electrons. The molecule has 3 rings (SSSR count). The molecular formula is C16H16ClNO3. The minimum absolute atomic E-state index is 0.00113. The molecule has 110 valence electrons. The lowest BCUT2D eigenvalue weighted by Gasteiger charge is -2.23. The van der Waals surface area contributed by atoms with E-state index in [0.29, 0.717) is 11.6 Å². The van der Waals surface area contributed by atoms with E-state index < -0.39 is 17.8 Å². The van der Waals surface area contributed by atoms with Gasteiger partial charge in [-0.25, -0.2) is 0 Å². The Morgan fingerprint density at radius 3 is 2.38 bits per heavy atom. The van der Waals surface area contributed by atoms with E-state index in [1.807, 2.05) is 24.3 Å². The van der Waals surface area contributed by atoms with Crippen molar-refractivity contribution in [1.82, 2.24) is 5.32 Å². The fraction of sp³-hybridized carbons (Fsp3) is 0.375. The van der Waals surface area contributed by atoms with Crippen molar-refractivity contribution < 1.29 is 14.7 Å². The summed E-state index contributed by atoms with van der Waals surface area (Å²) in [6.45, 7) is 0.389. The maximum Gasteiger partial charge on any atom is 0.307 e. The lowest BCUT2D eigenvalue weighted by molar-refractivity contribution is -0.147. The minimum Gasteiger partial charge on any atom is -0.481 e. The van der Waals surface area contributed by atoms with Crippen LogP contribution in [0.3, 0.4) is 0 Å². The molecule has 4 atom stereocenters. The number of aliphatic carboxylic acids is 1. The average Bonchev–Trinajstić information content (AvgIpc) is 3.06. The molecule has 2 N–H and O–H groups in total. The lowest BCUT2D eigenvalue weighted by atomic mass is 9.82. The molecule has 1 aromatic rings. The Kier molecular flexibility index (Phi) is 3.72. The van der Waals surface area contributed by atoms with Gasteiger partial charge < -0.3 is 10.4 Å². The second kappa shape index (κ2) is 5.53. The van der Waals surface area contributed by atoms with E-state index in [1.54, 1.807) is 12.1 Å². The highest BCUT2D eigenvalue weighted by molar-refractivity contribution is 6.30. The Morgan fingerprint density at radius 1 is 1.14 bits per heavy atom. The van der Waals surface area contributed by atoms with Crippen LogP contribution in [0.15, 0.2) is 36.4 Å². The first-order chi connectivity index (χ1) is 10.1. The Bertz CT molecular complexity index is 596. The first kappa shape index (κ1) is 14.1. The molecule has 0 saturated heterocycles. The molecule has 4 nitrogen and oxygen atoms in total. The van der Waals surface area contributed by atoms with Crippen molar-refractivity contribution in [2.45, 2.75) is 13.0 Å². The third kappa shape index (κ3) is 2.68. The number of benzene rings is 1. The maximum absolute atomic E-state index is 12.4. The number of carboxylic acid groups (broad SMARTS) is 1. The highest BCUT2D eigenvalue weighted by atomic mass is 35.5. The van der Waals surface area contributed by atoms with E-state index in [2.05, 4.69) is 5.32 Å². The van der Waals surface area contributed by atoms with Gasteiger partial charge in [-0.15, -0.1) is 0 Å². The number of carbonyl (C=O) groups is 2. The van der Waals surface area contributed by atoms with Gasteiger partial charge in [-0.2, -0.15) is 0 Å². The van der Waals surface area contributed by atoms with Gasteiger partial charge in [0.25, 0.3) is 0 Å². The zero-order valence-corrected chi connectivity index (χ0v) is 12.1. The number of carbonyl (C=O) groups excluding carboxylic acids is 1. The molecule has 0 unspecified atom stereocenters. The quantitative estimate of drug-likeness (QED) is 0.840. The largest absolute Gasteiger partial charge is 0.481 e. The first-order valence-corrected chi connectivity index (χ1v) is 7.37. The van der Waals surface area contributed by atoms with Crippen molar-refractivity contribution in [2.24, 2.45) is 23.7 Å². The van der Waals surface area contributed by atoms with Crippen LogP contribution >= 0.6 is 11.6 Å². The second-order valence-corrected chi connectivity index (χ2v) is 6.12. The predicted octanol–water partition coefficient (Wildman–Crippen LogP) is 2.48. The molecule has 0 spiro atoms. The molecule has 5 heteroatoms. The molecule has 1 fully saturated rings. The second-order valence-electron chi connectivity index (χ2n) is 5.68. The Hall–Kier alpha value is -1.81. The summed E-state index contributed by atoms with van der Waals surface area (Å²) in [5.41, 5.74) is 0.943. The summed E-state index contributed by atoms with van der Waals surface area (Å²) in [6, 6.07) is 7.22. The van der Waals surface area contributed by atoms with E-state index in [1.165, 1.54) is 0 Å². The van der Waals surface area contributed by atoms with Gasteiger partial charge in [0.15, 0.2) is 0 Å². The summed E-state index contributed by atoms with van der Waals surface area (Å²) in [7, 11) is 0. The van der Waals surface area contributed by atoms with Crippen molar-refractivity contribution >= 4 is 23.5 Å². The first-order valence-electron chi connectivity index (χ1n) is 6.99. The SMILES string of the molecule is O=C(O)[C@H]1[C@H](C(=O)NCc2ccc(Cl)cc2)[C@H]2C=C[C@H]1C2. The molecule has 1 aromatic carbocycles. The summed E-state index contributed by atoms with van der Waals surface area (Å²) in [5.74, 6) is -2.04. The van der Waals surface area contributed by atoms with Gasteiger partial charge in [-0.3, -0.25) is 9.59 Å². The smallest absolute Gasteiger partial charge is 0.307 e. The number of fused-ring (bicyclic) bond motifs is 2. The van der Waals surface area contributed by atoms with Crippen LogP contribution in [0.25, 0.3) is 0 Å². The fourth-order valence-electron chi connectivity index (χ4n) is 3.43. The molecule has 0 heterocycles. The number of nitrogens with one attached hydrogen (secondary N) is 1. The van der Waals surface area contributed by atoms with Crippen molar-refractivity contribution in [2.75, 3.05) is 0 Å². The van der Waals surface area contributed by atoms with Crippen LogP contribution in [0.1, 0.15) is 12.0 Å². The zero-order chi connectivity index (χ0) is 15.0. The predicted molar refractivity (Wildman–Crippen MR) is 78.7 cm³/mol. The molecule has 1 amide bonds. The minimum atomic E-state index is -0.876. The van der Waals surface area contributed by atoms with Crippen LogP contribution in [0.2, 0.25) is 5.02 Å². The van der Waals surface area contributed by atoms with Crippen LogP contribution in [-0.2, 0) is 16.1 Å². The zero-order valence-electron chi connectivity index (χ0n) is 11.3. The summed E-state index contributed by atoms with van der Waals surface area (Å²) < 4.78 is 0. The van der Waals surface area contributed by atoms with Gasteiger partial charge >= 0.3 is 5.97 Å². The van der Waals surface area contributed by atoms with Gasteiger partial charge in [0, 0.05) is 11.6 Å². The normalized spacial score (nSPS) is 29.6. The van der Waals surface area contributed by atoms with Crippen LogP contribution in [-0.4, -0.2) is 17.0 Å². The summed E-state index contributed by atoms with van der Waals surface area (Å²) in [5, 5.41) is 12.8. The highest BCUT2D eigenvalue weighted by Crippen LogP contribution is 2.48. The van der Waals surface area contributed by atoms with Gasteiger partial charge in [-0.1, -0.05) is 35.9 Å². The van der Waals surface area contributed by atoms with E-state index in [9.17, 15) is 14.7 Å². The van der Waals surface area contributed by atoms with Crippen molar-refractivity contribution in [1.29, 1.82) is 0 Å². The van der Waals surface area contributed by atoms with E-state index in [4.69, 9.17) is 11.6 Å². The molecular weight excluding hydrogens is 290 g/mol. The highest BCUT2D eigenvalue weighted by Gasteiger charge is 2.51. The number of amides is 1. The average molecular weight is 306 g/mol. The lowest BCUT2D eigenvalue weighted by Crippen LogP contribution is -2.39. The van der Waals surface area contributed by atoms with Gasteiger partial charge in [-0.05, 0) is 36.0 Å². The van der Waals surface area contributed by atoms with Crippen molar-refractivity contribution in [3.8, 4) is 0 Å². The third-order valence-corrected chi connectivity index (χ3v) is 4.68. The standard InChI is InChI=1S/C16H16ClNO3/c17-12-5-1-9(2-6-12)8-18-15(19)13-10-3-4-11(7-10)14(13)16(20)21/h1-6,10-11,13-14H,7-8H2,(H,18,19)(H,20,21)/t10-,11-,13+,14+/m0/s1. The number of carboxylic acids is 1. The Balaban J connectivity index is 1.66. The van der Waals surface area contributed by atoms with Crippen LogP contribution in [0.4, 0.5) is 0 Å². The molecule has 2 aliphatic rings. The van der Waals surface area contributed by atoms with Crippen molar-refractivity contribution in [3.63, 3.8) is 0 Å². The van der Waals surface area contributed by atoms with Crippen LogP contribution in [0.5, 0.6) is 0 Å². The number of halogens is 1. The van der Waals surface area contributed by atoms with E-state index >= 15 is 0 Å². The van der Waals surface area contributed by atoms with E-state index in [0.717, 1.165) is 12.0 Å². The topological polar surface area (TPSA) is 66.4 Å². The molecule has 1 saturated carbocycles. The van der Waals surface area contributed by atoms with Gasteiger partial charge in [0.2, 0.25) is 5.91 Å².